The van der Waals surface area contributed by atoms with Gasteiger partial charge in [0.2, 0.25) is 11.8 Å². The number of carbonyl (C=O) groups is 2. The number of anilines is 1. The molecular formula is C31H37Cl2N3O4S. The normalized spacial score (nSPS) is 12.9. The summed E-state index contributed by atoms with van der Waals surface area (Å²) in [4.78, 5) is 29.0. The fraction of sp³-hybridized carbons (Fsp3) is 0.355. The summed E-state index contributed by atoms with van der Waals surface area (Å²) < 4.78 is 29.0. The average molecular weight is 619 g/mol. The van der Waals surface area contributed by atoms with Crippen LogP contribution in [0.4, 0.5) is 5.69 Å². The molecule has 3 aromatic rings. The van der Waals surface area contributed by atoms with E-state index in [1.165, 1.54) is 35.2 Å². The van der Waals surface area contributed by atoms with Crippen molar-refractivity contribution in [1.29, 1.82) is 0 Å². The molecule has 3 aromatic carbocycles. The van der Waals surface area contributed by atoms with E-state index in [0.29, 0.717) is 6.42 Å². The van der Waals surface area contributed by atoms with Gasteiger partial charge in [-0.3, -0.25) is 13.9 Å². The predicted octanol–water partition coefficient (Wildman–Crippen LogP) is 6.53. The summed E-state index contributed by atoms with van der Waals surface area (Å²) in [6, 6.07) is 17.5. The maximum atomic E-state index is 14.2. The Balaban J connectivity index is 2.10. The zero-order valence-corrected chi connectivity index (χ0v) is 26.4. The Labute approximate surface area is 253 Å². The number of sulfonamides is 1. The molecule has 7 nitrogen and oxygen atoms in total. The summed E-state index contributed by atoms with van der Waals surface area (Å²) in [5, 5.41) is 3.38. The zero-order valence-electron chi connectivity index (χ0n) is 24.0. The number of amides is 2. The lowest BCUT2D eigenvalue weighted by molar-refractivity contribution is -0.140. The molecule has 0 bridgehead atoms. The van der Waals surface area contributed by atoms with Crippen LogP contribution in [0.1, 0.15) is 50.3 Å². The molecule has 2 unspecified atom stereocenters. The van der Waals surface area contributed by atoms with Crippen molar-refractivity contribution in [3.8, 4) is 0 Å². The summed E-state index contributed by atoms with van der Waals surface area (Å²) in [6.45, 7) is 9.08. The van der Waals surface area contributed by atoms with Crippen molar-refractivity contribution in [3.63, 3.8) is 0 Å². The third kappa shape index (κ3) is 8.03. The number of carbonyl (C=O) groups excluding carboxylic acids is 2. The first-order valence-electron chi connectivity index (χ1n) is 13.6. The summed E-state index contributed by atoms with van der Waals surface area (Å²) in [5.41, 5.74) is 2.89. The van der Waals surface area contributed by atoms with Crippen molar-refractivity contribution in [2.24, 2.45) is 0 Å². The number of nitrogens with zero attached hydrogens (tertiary/aromatic N) is 2. The molecule has 0 aliphatic carbocycles. The lowest BCUT2D eigenvalue weighted by atomic mass is 10.1. The van der Waals surface area contributed by atoms with Gasteiger partial charge < -0.3 is 10.2 Å². The molecule has 2 amide bonds. The number of aryl methyl sites for hydroxylation is 2. The van der Waals surface area contributed by atoms with E-state index < -0.39 is 28.5 Å². The van der Waals surface area contributed by atoms with Crippen molar-refractivity contribution in [2.75, 3.05) is 10.8 Å². The molecule has 0 heterocycles. The molecule has 0 aliphatic heterocycles. The van der Waals surface area contributed by atoms with Crippen LogP contribution >= 0.6 is 23.2 Å². The van der Waals surface area contributed by atoms with E-state index in [0.717, 1.165) is 27.4 Å². The second kappa shape index (κ2) is 14.2. The molecule has 0 aliphatic rings. The predicted molar refractivity (Wildman–Crippen MR) is 166 cm³/mol. The Kier molecular flexibility index (Phi) is 11.2. The van der Waals surface area contributed by atoms with E-state index in [9.17, 15) is 18.0 Å². The van der Waals surface area contributed by atoms with Crippen LogP contribution in [0.25, 0.3) is 0 Å². The molecule has 0 fully saturated rings. The van der Waals surface area contributed by atoms with Gasteiger partial charge in [0, 0.05) is 12.6 Å². The van der Waals surface area contributed by atoms with E-state index in [1.807, 2.05) is 58.9 Å². The monoisotopic (exact) mass is 617 g/mol. The number of hydrogen-bond acceptors (Lipinski definition) is 4. The van der Waals surface area contributed by atoms with E-state index in [1.54, 1.807) is 12.1 Å². The van der Waals surface area contributed by atoms with Gasteiger partial charge in [0.1, 0.15) is 12.6 Å². The highest BCUT2D eigenvalue weighted by Gasteiger charge is 2.34. The molecule has 0 saturated carbocycles. The minimum atomic E-state index is -4.20. The van der Waals surface area contributed by atoms with Gasteiger partial charge in [-0.25, -0.2) is 8.42 Å². The van der Waals surface area contributed by atoms with E-state index in [2.05, 4.69) is 5.32 Å². The Bertz CT molecular complexity index is 1480. The van der Waals surface area contributed by atoms with Gasteiger partial charge in [-0.2, -0.15) is 0 Å². The largest absolute Gasteiger partial charge is 0.352 e. The SMILES string of the molecule is CCC(C)NC(=O)C(CC)N(Cc1ccccc1C)C(=O)CN(c1ccc(Cl)c(Cl)c1)S(=O)(=O)c1ccc(C)cc1. The van der Waals surface area contributed by atoms with Crippen molar-refractivity contribution < 1.29 is 18.0 Å². The Hall–Kier alpha value is -3.07. The van der Waals surface area contributed by atoms with Gasteiger partial charge in [0.05, 0.1) is 20.6 Å². The number of benzene rings is 3. The van der Waals surface area contributed by atoms with Gasteiger partial charge in [0.25, 0.3) is 10.0 Å². The second-order valence-corrected chi connectivity index (χ2v) is 12.8. The van der Waals surface area contributed by atoms with Crippen LogP contribution in [0.15, 0.2) is 71.6 Å². The van der Waals surface area contributed by atoms with Gasteiger partial charge in [0.15, 0.2) is 0 Å². The third-order valence-electron chi connectivity index (χ3n) is 7.07. The topological polar surface area (TPSA) is 86.8 Å². The van der Waals surface area contributed by atoms with Crippen molar-refractivity contribution in [3.05, 3.63) is 93.5 Å². The Morgan fingerprint density at radius 1 is 0.902 bits per heavy atom. The molecule has 0 aromatic heterocycles. The highest BCUT2D eigenvalue weighted by Crippen LogP contribution is 2.31. The summed E-state index contributed by atoms with van der Waals surface area (Å²) in [7, 11) is -4.20. The summed E-state index contributed by atoms with van der Waals surface area (Å²) in [6.07, 6.45) is 1.07. The highest BCUT2D eigenvalue weighted by atomic mass is 35.5. The van der Waals surface area contributed by atoms with Crippen LogP contribution in [0.2, 0.25) is 10.0 Å². The van der Waals surface area contributed by atoms with Gasteiger partial charge in [-0.1, -0.05) is 79.0 Å². The lowest BCUT2D eigenvalue weighted by Gasteiger charge is -2.34. The first-order valence-corrected chi connectivity index (χ1v) is 15.8. The average Bonchev–Trinajstić information content (AvgIpc) is 2.94. The van der Waals surface area contributed by atoms with Crippen LogP contribution in [0.3, 0.4) is 0 Å². The fourth-order valence-electron chi connectivity index (χ4n) is 4.34. The Morgan fingerprint density at radius 2 is 1.56 bits per heavy atom. The molecule has 3 rings (SSSR count). The van der Waals surface area contributed by atoms with Crippen molar-refractivity contribution >= 4 is 50.7 Å². The molecule has 10 heteroatoms. The van der Waals surface area contributed by atoms with Crippen LogP contribution in [-0.4, -0.2) is 43.8 Å². The standard InChI is InChI=1S/C31H37Cl2N3O4S/c1-6-23(5)34-31(38)29(7-2)35(19-24-11-9-8-10-22(24)4)30(37)20-36(25-14-17-27(32)28(33)18-25)41(39,40)26-15-12-21(3)13-16-26/h8-18,23,29H,6-7,19-20H2,1-5H3,(H,34,38). The number of rotatable bonds is 12. The van der Waals surface area contributed by atoms with Gasteiger partial charge >= 0.3 is 0 Å². The first kappa shape index (κ1) is 32.4. The number of halogens is 2. The second-order valence-electron chi connectivity index (χ2n) is 10.1. The molecule has 1 N–H and O–H groups in total. The zero-order chi connectivity index (χ0) is 30.3. The number of hydrogen-bond donors (Lipinski definition) is 1. The van der Waals surface area contributed by atoms with Crippen molar-refractivity contribution in [1.82, 2.24) is 10.2 Å². The maximum Gasteiger partial charge on any atom is 0.264 e. The van der Waals surface area contributed by atoms with Gasteiger partial charge in [-0.15, -0.1) is 0 Å². The minimum absolute atomic E-state index is 0.0222. The summed E-state index contributed by atoms with van der Waals surface area (Å²) in [5.74, 6) is -0.813. The van der Waals surface area contributed by atoms with Crippen LogP contribution in [-0.2, 0) is 26.2 Å². The summed E-state index contributed by atoms with van der Waals surface area (Å²) >= 11 is 12.4. The molecule has 2 atom stereocenters. The van der Waals surface area contributed by atoms with E-state index in [-0.39, 0.29) is 39.1 Å². The van der Waals surface area contributed by atoms with Crippen molar-refractivity contribution in [2.45, 2.75) is 71.0 Å². The first-order chi connectivity index (χ1) is 19.4. The van der Waals surface area contributed by atoms with Crippen LogP contribution in [0, 0.1) is 13.8 Å². The smallest absolute Gasteiger partial charge is 0.264 e. The van der Waals surface area contributed by atoms with Crippen LogP contribution in [0.5, 0.6) is 0 Å². The van der Waals surface area contributed by atoms with E-state index in [4.69, 9.17) is 23.2 Å². The molecule has 220 valence electrons. The molecular weight excluding hydrogens is 581 g/mol. The van der Waals surface area contributed by atoms with E-state index >= 15 is 0 Å². The molecule has 0 radical (unpaired) electrons. The molecule has 41 heavy (non-hydrogen) atoms. The van der Waals surface area contributed by atoms with Gasteiger partial charge in [-0.05, 0) is 75.1 Å². The Morgan fingerprint density at radius 3 is 2.15 bits per heavy atom. The lowest BCUT2D eigenvalue weighted by Crippen LogP contribution is -2.53. The quantitative estimate of drug-likeness (QED) is 0.250. The highest BCUT2D eigenvalue weighted by molar-refractivity contribution is 7.92. The fourth-order valence-corrected chi connectivity index (χ4v) is 6.04. The maximum absolute atomic E-state index is 14.2. The molecule has 0 spiro atoms. The third-order valence-corrected chi connectivity index (χ3v) is 9.60. The van der Waals surface area contributed by atoms with Crippen LogP contribution < -0.4 is 9.62 Å². The molecule has 0 saturated heterocycles. The minimum Gasteiger partial charge on any atom is -0.352 e. The number of nitrogens with one attached hydrogen (secondary N) is 1.